The highest BCUT2D eigenvalue weighted by Crippen LogP contribution is 2.46. The summed E-state index contributed by atoms with van der Waals surface area (Å²) in [7, 11) is 1.72. The van der Waals surface area contributed by atoms with Crippen LogP contribution in [0.4, 0.5) is 13.2 Å². The number of guanidine groups is 1. The molecule has 1 N–H and O–H groups in total. The van der Waals surface area contributed by atoms with E-state index >= 15 is 0 Å². The van der Waals surface area contributed by atoms with Gasteiger partial charge in [0.1, 0.15) is 0 Å². The van der Waals surface area contributed by atoms with Gasteiger partial charge in [0.15, 0.2) is 11.7 Å². The molecule has 1 fully saturated rings. The highest BCUT2D eigenvalue weighted by Gasteiger charge is 2.53. The maximum atomic E-state index is 12.5. The van der Waals surface area contributed by atoms with Crippen molar-refractivity contribution in [3.63, 3.8) is 0 Å². The highest BCUT2D eigenvalue weighted by atomic mass is 127. The molecule has 9 heteroatoms. The number of nitrogens with one attached hydrogen (secondary N) is 1. The number of aliphatic imine (C=N–C) groups is 1. The number of hydrogen-bond acceptors (Lipinski definition) is 3. The third-order valence-electron chi connectivity index (χ3n) is 4.82. The molecule has 0 saturated carbocycles. The van der Waals surface area contributed by atoms with Crippen LogP contribution >= 0.6 is 35.3 Å². The van der Waals surface area contributed by atoms with Crippen molar-refractivity contribution in [3.05, 3.63) is 16.1 Å². The van der Waals surface area contributed by atoms with Crippen molar-refractivity contribution >= 4 is 41.3 Å². The molecule has 138 valence electrons. The van der Waals surface area contributed by atoms with Crippen molar-refractivity contribution in [1.29, 1.82) is 0 Å². The second-order valence-corrected chi connectivity index (χ2v) is 7.82. The van der Waals surface area contributed by atoms with Gasteiger partial charge in [-0.1, -0.05) is 13.8 Å². The minimum absolute atomic E-state index is 0. The second-order valence-electron chi connectivity index (χ2n) is 6.88. The first kappa shape index (κ1) is 21.5. The van der Waals surface area contributed by atoms with Crippen LogP contribution in [0.3, 0.4) is 0 Å². The summed E-state index contributed by atoms with van der Waals surface area (Å²) in [5, 5.41) is 4.76. The van der Waals surface area contributed by atoms with Gasteiger partial charge in [0.05, 0.1) is 5.01 Å². The number of nitrogens with zero attached hydrogens (tertiary/aromatic N) is 3. The quantitative estimate of drug-likeness (QED) is 0.407. The fourth-order valence-electron chi connectivity index (χ4n) is 2.53. The lowest BCUT2D eigenvalue weighted by Crippen LogP contribution is -2.72. The Hall–Kier alpha value is -0.580. The normalized spacial score (nSPS) is 19.5. The third kappa shape index (κ3) is 4.14. The van der Waals surface area contributed by atoms with E-state index in [1.807, 2.05) is 0 Å². The Bertz CT molecular complexity index is 596. The molecular weight excluding hydrogens is 452 g/mol. The Morgan fingerprint density at radius 3 is 2.42 bits per heavy atom. The summed E-state index contributed by atoms with van der Waals surface area (Å²) in [5.74, 6) is 0.780. The molecule has 0 aromatic carbocycles. The Morgan fingerprint density at radius 2 is 2.00 bits per heavy atom. The lowest BCUT2D eigenvalue weighted by atomic mass is 9.65. The van der Waals surface area contributed by atoms with Crippen LogP contribution in [0.25, 0.3) is 0 Å². The fraction of sp³-hybridized carbons (Fsp3) is 0.733. The standard InChI is InChI=1S/C15H23F3N4S.HI/c1-13(2)9-22(14(13,3)4)12(19-5)20-7-6-11-21-10(8-23-11)15(16,17)18;/h8H,6-7,9H2,1-5H3,(H,19,20);1H. The van der Waals surface area contributed by atoms with Gasteiger partial charge < -0.3 is 10.2 Å². The Balaban J connectivity index is 0.00000288. The lowest BCUT2D eigenvalue weighted by Gasteiger charge is -2.62. The average Bonchev–Trinajstić information content (AvgIpc) is 2.90. The van der Waals surface area contributed by atoms with Gasteiger partial charge >= 0.3 is 6.18 Å². The summed E-state index contributed by atoms with van der Waals surface area (Å²) in [6.45, 7) is 10.2. The zero-order valence-corrected chi connectivity index (χ0v) is 17.6. The van der Waals surface area contributed by atoms with E-state index in [2.05, 4.69) is 47.9 Å². The minimum Gasteiger partial charge on any atom is -0.356 e. The van der Waals surface area contributed by atoms with Gasteiger partial charge in [-0.15, -0.1) is 35.3 Å². The van der Waals surface area contributed by atoms with Gasteiger partial charge in [-0.3, -0.25) is 4.99 Å². The van der Waals surface area contributed by atoms with E-state index in [4.69, 9.17) is 0 Å². The fourth-order valence-corrected chi connectivity index (χ4v) is 3.34. The number of rotatable bonds is 3. The number of hydrogen-bond donors (Lipinski definition) is 1. The van der Waals surface area contributed by atoms with Crippen LogP contribution < -0.4 is 5.32 Å². The Labute approximate surface area is 162 Å². The van der Waals surface area contributed by atoms with Crippen molar-refractivity contribution in [3.8, 4) is 0 Å². The zero-order chi connectivity index (χ0) is 17.5. The van der Waals surface area contributed by atoms with E-state index in [-0.39, 0.29) is 34.9 Å². The van der Waals surface area contributed by atoms with Crippen molar-refractivity contribution in [2.75, 3.05) is 20.1 Å². The van der Waals surface area contributed by atoms with Crippen molar-refractivity contribution in [2.24, 2.45) is 10.4 Å². The molecule has 0 spiro atoms. The topological polar surface area (TPSA) is 40.5 Å². The number of likely N-dealkylation sites (tertiary alicyclic amines) is 1. The molecule has 1 aromatic heterocycles. The predicted octanol–water partition coefficient (Wildman–Crippen LogP) is 4.02. The average molecular weight is 476 g/mol. The first-order valence-electron chi connectivity index (χ1n) is 7.49. The summed E-state index contributed by atoms with van der Waals surface area (Å²) in [4.78, 5) is 10.1. The smallest absolute Gasteiger partial charge is 0.356 e. The number of alkyl halides is 3. The van der Waals surface area contributed by atoms with Crippen molar-refractivity contribution in [2.45, 2.75) is 45.8 Å². The summed E-state index contributed by atoms with van der Waals surface area (Å²) < 4.78 is 37.6. The largest absolute Gasteiger partial charge is 0.434 e. The van der Waals surface area contributed by atoms with Gasteiger partial charge in [-0.2, -0.15) is 13.2 Å². The molecule has 0 unspecified atom stereocenters. The molecule has 0 radical (unpaired) electrons. The van der Waals surface area contributed by atoms with Gasteiger partial charge in [0.2, 0.25) is 0 Å². The summed E-state index contributed by atoms with van der Waals surface area (Å²) in [6, 6.07) is 0. The predicted molar refractivity (Wildman–Crippen MR) is 102 cm³/mol. The summed E-state index contributed by atoms with van der Waals surface area (Å²) in [6.07, 6.45) is -3.93. The summed E-state index contributed by atoms with van der Waals surface area (Å²) in [5.41, 5.74) is -0.631. The van der Waals surface area contributed by atoms with Crippen LogP contribution in [-0.4, -0.2) is 41.5 Å². The molecule has 4 nitrogen and oxygen atoms in total. The van der Waals surface area contributed by atoms with Crippen LogP contribution in [0, 0.1) is 5.41 Å². The van der Waals surface area contributed by atoms with Crippen molar-refractivity contribution < 1.29 is 13.2 Å². The van der Waals surface area contributed by atoms with Crippen LogP contribution in [0.5, 0.6) is 0 Å². The lowest BCUT2D eigenvalue weighted by molar-refractivity contribution is -0.140. The molecule has 1 saturated heterocycles. The molecular formula is C15H24F3IN4S. The van der Waals surface area contributed by atoms with Gasteiger partial charge in [0.25, 0.3) is 0 Å². The Morgan fingerprint density at radius 1 is 1.38 bits per heavy atom. The number of aromatic nitrogens is 1. The monoisotopic (exact) mass is 476 g/mol. The van der Waals surface area contributed by atoms with E-state index in [0.717, 1.165) is 29.2 Å². The van der Waals surface area contributed by atoms with Gasteiger partial charge in [-0.25, -0.2) is 4.98 Å². The molecule has 1 aromatic rings. The molecule has 0 amide bonds. The van der Waals surface area contributed by atoms with Crippen LogP contribution in [0.15, 0.2) is 10.4 Å². The van der Waals surface area contributed by atoms with Crippen molar-refractivity contribution in [1.82, 2.24) is 15.2 Å². The van der Waals surface area contributed by atoms with Crippen LogP contribution in [-0.2, 0) is 12.6 Å². The minimum atomic E-state index is -4.37. The first-order valence-corrected chi connectivity index (χ1v) is 8.37. The molecule has 24 heavy (non-hydrogen) atoms. The summed E-state index contributed by atoms with van der Waals surface area (Å²) >= 11 is 1.04. The molecule has 2 heterocycles. The maximum Gasteiger partial charge on any atom is 0.434 e. The molecule has 1 aliphatic heterocycles. The van der Waals surface area contributed by atoms with Gasteiger partial charge in [-0.05, 0) is 13.8 Å². The molecule has 0 bridgehead atoms. The third-order valence-corrected chi connectivity index (χ3v) is 5.72. The SMILES string of the molecule is CN=C(NCCc1nc(C(F)(F)F)cs1)N1CC(C)(C)C1(C)C.I. The first-order chi connectivity index (χ1) is 10.5. The Kier molecular flexibility index (Phi) is 6.57. The van der Waals surface area contributed by atoms with Crippen LogP contribution in [0.2, 0.25) is 0 Å². The van der Waals surface area contributed by atoms with Gasteiger partial charge in [0, 0.05) is 42.9 Å². The number of halogens is 4. The maximum absolute atomic E-state index is 12.5. The van der Waals surface area contributed by atoms with E-state index < -0.39 is 11.9 Å². The zero-order valence-electron chi connectivity index (χ0n) is 14.5. The number of thiazole rings is 1. The van der Waals surface area contributed by atoms with E-state index in [9.17, 15) is 13.2 Å². The van der Waals surface area contributed by atoms with E-state index in [0.29, 0.717) is 18.0 Å². The molecule has 0 atom stereocenters. The molecule has 1 aliphatic rings. The highest BCUT2D eigenvalue weighted by molar-refractivity contribution is 14.0. The van der Waals surface area contributed by atoms with E-state index in [1.54, 1.807) is 7.05 Å². The van der Waals surface area contributed by atoms with E-state index in [1.165, 1.54) is 0 Å². The second kappa shape index (κ2) is 7.35. The van der Waals surface area contributed by atoms with Crippen LogP contribution in [0.1, 0.15) is 38.4 Å². The molecule has 0 aliphatic carbocycles. The molecule has 2 rings (SSSR count).